The largest absolute Gasteiger partial charge is 0.165 e. The van der Waals surface area contributed by atoms with Crippen molar-refractivity contribution in [1.82, 2.24) is 0 Å². The SMILES string of the molecule is C[Si](C)=[Hf]([Cl])[Cl].Cc1cc2ccccc2[cH-]1.Cc1cc2ccccc2[cH-]1. The van der Waals surface area contributed by atoms with Crippen LogP contribution in [0.1, 0.15) is 11.1 Å². The van der Waals surface area contributed by atoms with Gasteiger partial charge in [-0.3, -0.25) is 0 Å². The predicted octanol–water partition coefficient (Wildman–Crippen LogP) is 7.90. The van der Waals surface area contributed by atoms with E-state index in [9.17, 15) is 0 Å². The van der Waals surface area contributed by atoms with Gasteiger partial charge in [0.15, 0.2) is 0 Å². The van der Waals surface area contributed by atoms with Gasteiger partial charge in [-0.25, -0.2) is 0 Å². The molecule has 0 saturated carbocycles. The molecule has 0 radical (unpaired) electrons. The predicted molar refractivity (Wildman–Crippen MR) is 118 cm³/mol. The van der Waals surface area contributed by atoms with Crippen molar-refractivity contribution in [2.24, 2.45) is 0 Å². The van der Waals surface area contributed by atoms with E-state index < -0.39 is 17.7 Å². The normalized spacial score (nSPS) is 9.92. The molecule has 0 saturated heterocycles. The third kappa shape index (κ3) is 6.81. The Morgan fingerprint density at radius 1 is 0.731 bits per heavy atom. The van der Waals surface area contributed by atoms with Crippen LogP contribution in [0.15, 0.2) is 72.8 Å². The van der Waals surface area contributed by atoms with Gasteiger partial charge in [-0.05, 0) is 0 Å². The first kappa shape index (κ1) is 21.6. The molecule has 0 amide bonds. The van der Waals surface area contributed by atoms with Crippen LogP contribution in [-0.2, 0) is 17.7 Å². The maximum atomic E-state index is 5.64. The van der Waals surface area contributed by atoms with Crippen LogP contribution in [0.2, 0.25) is 13.1 Å². The van der Waals surface area contributed by atoms with Crippen LogP contribution >= 0.6 is 17.2 Å². The zero-order chi connectivity index (χ0) is 19.1. The molecule has 0 aromatic heterocycles. The van der Waals surface area contributed by atoms with Crippen LogP contribution in [0.3, 0.4) is 0 Å². The molecular weight excluding hydrogens is 542 g/mol. The molecule has 4 aromatic carbocycles. The summed E-state index contributed by atoms with van der Waals surface area (Å²) in [4.78, 5) is 0. The van der Waals surface area contributed by atoms with E-state index in [1.165, 1.54) is 32.7 Å². The zero-order valence-corrected chi connectivity index (χ0v) is 21.8. The smallest absolute Gasteiger partial charge is 0.0579 e. The fraction of sp³-hybridized carbons (Fsp3) is 0.182. The third-order valence-corrected chi connectivity index (χ3v) is 31.4. The van der Waals surface area contributed by atoms with Crippen molar-refractivity contribution in [3.05, 3.63) is 83.9 Å². The van der Waals surface area contributed by atoms with Crippen molar-refractivity contribution in [1.29, 1.82) is 0 Å². The topological polar surface area (TPSA) is 0 Å². The fourth-order valence-corrected chi connectivity index (χ4v) is 2.61. The van der Waals surface area contributed by atoms with Gasteiger partial charge in [0.2, 0.25) is 0 Å². The summed E-state index contributed by atoms with van der Waals surface area (Å²) >= 11 is -1.78. The van der Waals surface area contributed by atoms with Gasteiger partial charge >= 0.3 is 53.4 Å². The Morgan fingerprint density at radius 2 is 1.08 bits per heavy atom. The Balaban J connectivity index is 0.000000146. The monoisotopic (exact) mass is 566 g/mol. The Bertz CT molecular complexity index is 855. The number of hydrogen-bond donors (Lipinski definition) is 0. The van der Waals surface area contributed by atoms with Gasteiger partial charge in [0.1, 0.15) is 0 Å². The molecule has 0 spiro atoms. The first-order chi connectivity index (χ1) is 12.4. The molecule has 0 fully saturated rings. The molecule has 0 heterocycles. The van der Waals surface area contributed by atoms with Crippen LogP contribution in [0.5, 0.6) is 0 Å². The van der Waals surface area contributed by atoms with Crippen LogP contribution in [-0.4, -0.2) is 5.49 Å². The van der Waals surface area contributed by atoms with E-state index >= 15 is 0 Å². The third-order valence-electron chi connectivity index (χ3n) is 3.90. The van der Waals surface area contributed by atoms with Crippen LogP contribution in [0.25, 0.3) is 21.5 Å². The van der Waals surface area contributed by atoms with E-state index in [1.54, 1.807) is 0 Å². The van der Waals surface area contributed by atoms with Gasteiger partial charge < -0.3 is 0 Å². The van der Waals surface area contributed by atoms with E-state index in [2.05, 4.69) is 99.7 Å². The summed E-state index contributed by atoms with van der Waals surface area (Å²) in [6, 6.07) is 25.7. The maximum absolute atomic E-state index is 5.64. The van der Waals surface area contributed by atoms with Crippen molar-refractivity contribution >= 4 is 44.2 Å². The second-order valence-corrected chi connectivity index (χ2v) is 38.3. The van der Waals surface area contributed by atoms with Crippen LogP contribution in [0, 0.1) is 13.8 Å². The second-order valence-electron chi connectivity index (χ2n) is 6.58. The molecule has 4 heteroatoms. The number of benzene rings is 2. The van der Waals surface area contributed by atoms with Gasteiger partial charge in [0.25, 0.3) is 0 Å². The summed E-state index contributed by atoms with van der Waals surface area (Å²) in [5.41, 5.74) is 2.49. The Kier molecular flexibility index (Phi) is 8.82. The average molecular weight is 566 g/mol. The Labute approximate surface area is 171 Å². The quantitative estimate of drug-likeness (QED) is 0.150. The number of rotatable bonds is 0. The molecule has 0 nitrogen and oxygen atoms in total. The summed E-state index contributed by atoms with van der Waals surface area (Å²) in [6.07, 6.45) is 0. The van der Waals surface area contributed by atoms with Crippen molar-refractivity contribution in [2.45, 2.75) is 26.9 Å². The summed E-state index contributed by atoms with van der Waals surface area (Å²) in [5.74, 6) is 0. The standard InChI is InChI=1S/2C10H9.C2H6Si.2ClH.Hf/c2*1-8-6-9-4-2-3-5-10(9)7-8;1-3-2;;;/h2*2-7H,1H3;1-2H3;2*1H;/q2*-1;;;;+2/p-2. The Hall–Kier alpha value is -0.673. The minimum Gasteiger partial charge on any atom is -0.165 e. The fourth-order valence-electron chi connectivity index (χ4n) is 2.61. The van der Waals surface area contributed by atoms with E-state index in [0.717, 1.165) is 0 Å². The second kappa shape index (κ2) is 10.6. The number of aryl methyl sites for hydroxylation is 2. The van der Waals surface area contributed by atoms with Crippen LogP contribution < -0.4 is 0 Å². The maximum Gasteiger partial charge on any atom is -0.0579 e. The molecule has 0 N–H and O–H groups in total. The first-order valence-electron chi connectivity index (χ1n) is 8.59. The summed E-state index contributed by atoms with van der Waals surface area (Å²) in [6.45, 7) is 8.60. The molecule has 4 aromatic rings. The molecule has 0 aliphatic carbocycles. The molecule has 0 aliphatic heterocycles. The molecule has 0 aliphatic rings. The van der Waals surface area contributed by atoms with E-state index in [4.69, 9.17) is 17.2 Å². The van der Waals surface area contributed by atoms with Crippen molar-refractivity contribution in [3.8, 4) is 0 Å². The van der Waals surface area contributed by atoms with Gasteiger partial charge in [0.05, 0.1) is 0 Å². The molecular formula is C22H24Cl2HfSi-2. The van der Waals surface area contributed by atoms with Gasteiger partial charge in [0, 0.05) is 0 Å². The first-order valence-corrected chi connectivity index (χ1v) is 25.4. The van der Waals surface area contributed by atoms with E-state index in [0.29, 0.717) is 0 Å². The van der Waals surface area contributed by atoms with Gasteiger partial charge in [-0.15, -0.1) is 81.2 Å². The molecule has 0 unspecified atom stereocenters. The summed E-state index contributed by atoms with van der Waals surface area (Å²) in [7, 11) is 11.3. The molecule has 4 rings (SSSR count). The van der Waals surface area contributed by atoms with Gasteiger partial charge in [-0.2, -0.15) is 12.1 Å². The minimum atomic E-state index is -1.78. The summed E-state index contributed by atoms with van der Waals surface area (Å²) < 4.78 is 0. The van der Waals surface area contributed by atoms with Crippen LogP contribution in [0.4, 0.5) is 0 Å². The van der Waals surface area contributed by atoms with E-state index in [-0.39, 0.29) is 5.49 Å². The Morgan fingerprint density at radius 3 is 1.38 bits per heavy atom. The molecule has 0 bridgehead atoms. The molecule has 26 heavy (non-hydrogen) atoms. The average Bonchev–Trinajstić information content (AvgIpc) is 3.16. The molecule has 136 valence electrons. The molecule has 0 atom stereocenters. The van der Waals surface area contributed by atoms with Crippen molar-refractivity contribution < 1.29 is 17.7 Å². The number of halogens is 2. The minimum absolute atomic E-state index is 0.208. The van der Waals surface area contributed by atoms with E-state index in [1.807, 2.05) is 0 Å². The summed E-state index contributed by atoms with van der Waals surface area (Å²) in [5, 5.41) is 5.39. The van der Waals surface area contributed by atoms with Crippen molar-refractivity contribution in [2.75, 3.05) is 0 Å². The van der Waals surface area contributed by atoms with Gasteiger partial charge in [-0.1, -0.05) is 26.0 Å². The number of hydrogen-bond acceptors (Lipinski definition) is 0. The number of fused-ring (bicyclic) bond motifs is 2. The van der Waals surface area contributed by atoms with Crippen molar-refractivity contribution in [3.63, 3.8) is 0 Å². The zero-order valence-electron chi connectivity index (χ0n) is 15.7.